The maximum absolute atomic E-state index is 12.8. The Kier molecular flexibility index (Phi) is 5.79. The first kappa shape index (κ1) is 19.4. The molecule has 1 aliphatic carbocycles. The molecule has 4 rings (SSSR count). The average molecular weight is 414 g/mol. The second kappa shape index (κ2) is 8.64. The van der Waals surface area contributed by atoms with Crippen LogP contribution in [0.4, 0.5) is 5.13 Å². The Balaban J connectivity index is 1.51. The number of carbonyl (C=O) groups excluding carboxylic acids is 1. The zero-order valence-corrected chi connectivity index (χ0v) is 17.3. The molecule has 10 heteroatoms. The van der Waals surface area contributed by atoms with Gasteiger partial charge in [0.2, 0.25) is 11.0 Å². The number of nitrogens with one attached hydrogen (secondary N) is 1. The van der Waals surface area contributed by atoms with Gasteiger partial charge < -0.3 is 4.74 Å². The first-order chi connectivity index (χ1) is 14.2. The number of carbonyl (C=O) groups is 1. The van der Waals surface area contributed by atoms with Crippen molar-refractivity contribution >= 4 is 22.4 Å². The van der Waals surface area contributed by atoms with E-state index in [9.17, 15) is 4.79 Å². The van der Waals surface area contributed by atoms with E-state index < -0.39 is 0 Å². The summed E-state index contributed by atoms with van der Waals surface area (Å²) in [6.45, 7) is 1.97. The van der Waals surface area contributed by atoms with E-state index in [-0.39, 0.29) is 5.91 Å². The van der Waals surface area contributed by atoms with Gasteiger partial charge in [0.25, 0.3) is 5.91 Å². The van der Waals surface area contributed by atoms with Crippen LogP contribution in [0.25, 0.3) is 5.82 Å². The van der Waals surface area contributed by atoms with E-state index in [2.05, 4.69) is 30.8 Å². The van der Waals surface area contributed by atoms with Gasteiger partial charge >= 0.3 is 0 Å². The van der Waals surface area contributed by atoms with E-state index in [1.165, 1.54) is 37.7 Å². The molecule has 3 aromatic heterocycles. The van der Waals surface area contributed by atoms with Gasteiger partial charge in [-0.25, -0.2) is 4.68 Å². The molecule has 29 heavy (non-hydrogen) atoms. The fourth-order valence-corrected chi connectivity index (χ4v) is 4.51. The third kappa shape index (κ3) is 4.12. The highest BCUT2D eigenvalue weighted by Crippen LogP contribution is 2.35. The molecular formula is C19H23N7O2S. The van der Waals surface area contributed by atoms with Gasteiger partial charge in [0.05, 0.1) is 24.6 Å². The van der Waals surface area contributed by atoms with Gasteiger partial charge in [-0.3, -0.25) is 10.1 Å². The third-order valence-corrected chi connectivity index (χ3v) is 6.12. The van der Waals surface area contributed by atoms with Gasteiger partial charge in [-0.15, -0.1) is 20.4 Å². The average Bonchev–Trinajstić information content (AvgIpc) is 3.41. The zero-order valence-electron chi connectivity index (χ0n) is 16.5. The molecule has 1 amide bonds. The summed E-state index contributed by atoms with van der Waals surface area (Å²) in [5.41, 5.74) is 1.23. The van der Waals surface area contributed by atoms with E-state index in [1.54, 1.807) is 23.0 Å². The molecule has 1 aliphatic rings. The molecule has 0 aromatic carbocycles. The van der Waals surface area contributed by atoms with E-state index in [1.807, 2.05) is 6.92 Å². The number of nitrogens with zero attached hydrogens (tertiary/aromatic N) is 6. The minimum Gasteiger partial charge on any atom is -0.480 e. The van der Waals surface area contributed by atoms with Gasteiger partial charge in [-0.1, -0.05) is 37.5 Å². The Morgan fingerprint density at radius 2 is 2.03 bits per heavy atom. The summed E-state index contributed by atoms with van der Waals surface area (Å²) in [5, 5.41) is 25.3. The molecule has 0 bridgehead atoms. The van der Waals surface area contributed by atoms with Crippen molar-refractivity contribution in [2.75, 3.05) is 12.4 Å². The first-order valence-corrected chi connectivity index (χ1v) is 10.6. The standard InChI is InChI=1S/C19H23N7O2S/c1-3-14-13(11-20-26(14)15-9-10-16(28-2)23-22-15)17(27)21-19-25-24-18(29-19)12-7-5-4-6-8-12/h9-12H,3-8H2,1-2H3,(H,21,25,27). The predicted molar refractivity (Wildman–Crippen MR) is 109 cm³/mol. The van der Waals surface area contributed by atoms with Crippen molar-refractivity contribution in [2.45, 2.75) is 51.4 Å². The van der Waals surface area contributed by atoms with Gasteiger partial charge in [-0.2, -0.15) is 5.10 Å². The van der Waals surface area contributed by atoms with E-state index in [0.29, 0.717) is 34.7 Å². The van der Waals surface area contributed by atoms with Gasteiger partial charge in [-0.05, 0) is 25.3 Å². The number of rotatable bonds is 6. The molecule has 1 N–H and O–H groups in total. The van der Waals surface area contributed by atoms with Crippen molar-refractivity contribution in [1.82, 2.24) is 30.2 Å². The summed E-state index contributed by atoms with van der Waals surface area (Å²) in [4.78, 5) is 12.8. The first-order valence-electron chi connectivity index (χ1n) is 9.79. The molecule has 3 heterocycles. The van der Waals surface area contributed by atoms with Crippen molar-refractivity contribution < 1.29 is 9.53 Å². The van der Waals surface area contributed by atoms with Crippen LogP contribution in [0.15, 0.2) is 18.3 Å². The van der Waals surface area contributed by atoms with Crippen molar-refractivity contribution in [3.8, 4) is 11.7 Å². The predicted octanol–water partition coefficient (Wildman–Crippen LogP) is 3.38. The van der Waals surface area contributed by atoms with Gasteiger partial charge in [0, 0.05) is 12.0 Å². The quantitative estimate of drug-likeness (QED) is 0.660. The Morgan fingerprint density at radius 3 is 2.72 bits per heavy atom. The number of hydrogen-bond donors (Lipinski definition) is 1. The fourth-order valence-electron chi connectivity index (χ4n) is 3.60. The molecule has 9 nitrogen and oxygen atoms in total. The minimum atomic E-state index is -0.249. The van der Waals surface area contributed by atoms with E-state index in [0.717, 1.165) is 23.5 Å². The molecule has 0 spiro atoms. The Bertz CT molecular complexity index is 977. The molecule has 0 aliphatic heterocycles. The number of ether oxygens (including phenoxy) is 1. The lowest BCUT2D eigenvalue weighted by molar-refractivity contribution is 0.102. The Hall–Kier alpha value is -2.88. The highest BCUT2D eigenvalue weighted by atomic mass is 32.1. The maximum Gasteiger partial charge on any atom is 0.260 e. The monoisotopic (exact) mass is 413 g/mol. The highest BCUT2D eigenvalue weighted by molar-refractivity contribution is 7.15. The van der Waals surface area contributed by atoms with Gasteiger partial charge in [0.1, 0.15) is 5.01 Å². The van der Waals surface area contributed by atoms with Crippen molar-refractivity contribution in [3.63, 3.8) is 0 Å². The number of aromatic nitrogens is 6. The van der Waals surface area contributed by atoms with Crippen LogP contribution < -0.4 is 10.1 Å². The summed E-state index contributed by atoms with van der Waals surface area (Å²) in [6, 6.07) is 3.46. The van der Waals surface area contributed by atoms with Crippen LogP contribution in [-0.2, 0) is 6.42 Å². The van der Waals surface area contributed by atoms with Crippen LogP contribution in [-0.4, -0.2) is 43.2 Å². The Morgan fingerprint density at radius 1 is 1.21 bits per heavy atom. The second-order valence-electron chi connectivity index (χ2n) is 6.94. The zero-order chi connectivity index (χ0) is 20.2. The fraction of sp³-hybridized carbons (Fsp3) is 0.474. The topological polar surface area (TPSA) is 108 Å². The molecule has 152 valence electrons. The smallest absolute Gasteiger partial charge is 0.260 e. The van der Waals surface area contributed by atoms with Crippen molar-refractivity contribution in [1.29, 1.82) is 0 Å². The summed E-state index contributed by atoms with van der Waals surface area (Å²) in [7, 11) is 1.53. The summed E-state index contributed by atoms with van der Waals surface area (Å²) < 4.78 is 6.66. The van der Waals surface area contributed by atoms with Crippen LogP contribution in [0.2, 0.25) is 0 Å². The van der Waals surface area contributed by atoms with Crippen molar-refractivity contribution in [3.05, 3.63) is 34.6 Å². The summed E-state index contributed by atoms with van der Waals surface area (Å²) >= 11 is 1.47. The number of methoxy groups -OCH3 is 1. The molecule has 0 unspecified atom stereocenters. The second-order valence-corrected chi connectivity index (χ2v) is 7.95. The maximum atomic E-state index is 12.8. The molecule has 1 saturated carbocycles. The number of hydrogen-bond acceptors (Lipinski definition) is 8. The Labute approximate surface area is 172 Å². The molecule has 0 saturated heterocycles. The van der Waals surface area contributed by atoms with Crippen LogP contribution in [0.3, 0.4) is 0 Å². The van der Waals surface area contributed by atoms with Gasteiger partial charge in [0.15, 0.2) is 5.82 Å². The lowest BCUT2D eigenvalue weighted by Crippen LogP contribution is -2.14. The minimum absolute atomic E-state index is 0.249. The van der Waals surface area contributed by atoms with Crippen LogP contribution in [0, 0.1) is 0 Å². The largest absolute Gasteiger partial charge is 0.480 e. The molecular weight excluding hydrogens is 390 g/mol. The molecule has 0 radical (unpaired) electrons. The van der Waals surface area contributed by atoms with Crippen LogP contribution >= 0.6 is 11.3 Å². The van der Waals surface area contributed by atoms with E-state index >= 15 is 0 Å². The number of amides is 1. The lowest BCUT2D eigenvalue weighted by atomic mass is 9.90. The molecule has 1 fully saturated rings. The van der Waals surface area contributed by atoms with Crippen LogP contribution in [0.5, 0.6) is 5.88 Å². The summed E-state index contributed by atoms with van der Waals surface area (Å²) in [5.74, 6) is 1.16. The molecule has 3 aromatic rings. The summed E-state index contributed by atoms with van der Waals surface area (Å²) in [6.07, 6.45) is 8.22. The SMILES string of the molecule is CCc1c(C(=O)Nc2nnc(C3CCCCC3)s2)cnn1-c1ccc(OC)nn1. The van der Waals surface area contributed by atoms with E-state index in [4.69, 9.17) is 4.74 Å². The number of anilines is 1. The lowest BCUT2D eigenvalue weighted by Gasteiger charge is -2.18. The normalized spacial score (nSPS) is 14.7. The highest BCUT2D eigenvalue weighted by Gasteiger charge is 2.22. The van der Waals surface area contributed by atoms with Crippen molar-refractivity contribution in [2.24, 2.45) is 0 Å². The third-order valence-electron chi connectivity index (χ3n) is 5.12. The molecule has 0 atom stereocenters. The van der Waals surface area contributed by atoms with Crippen LogP contribution in [0.1, 0.15) is 66.0 Å².